The number of hydrogen-bond donors (Lipinski definition) is 1. The summed E-state index contributed by atoms with van der Waals surface area (Å²) in [6, 6.07) is 11.8. The highest BCUT2D eigenvalue weighted by atomic mass is 15.0. The van der Waals surface area contributed by atoms with Crippen LogP contribution in [0, 0.1) is 17.2 Å². The Morgan fingerprint density at radius 3 is 2.67 bits per heavy atom. The lowest BCUT2D eigenvalue weighted by Gasteiger charge is -2.05. The second-order valence-electron chi connectivity index (χ2n) is 6.65. The van der Waals surface area contributed by atoms with Gasteiger partial charge in [-0.25, -0.2) is 9.97 Å². The molecule has 1 saturated carbocycles. The van der Waals surface area contributed by atoms with Crippen LogP contribution < -0.4 is 0 Å². The number of hydrogen-bond acceptors (Lipinski definition) is 3. The number of nitrogens with one attached hydrogen (secondary N) is 1. The molecule has 0 unspecified atom stereocenters. The van der Waals surface area contributed by atoms with Crippen LogP contribution in [0.1, 0.15) is 43.5 Å². The molecule has 0 spiro atoms. The van der Waals surface area contributed by atoms with Gasteiger partial charge >= 0.3 is 0 Å². The van der Waals surface area contributed by atoms with Gasteiger partial charge in [0.1, 0.15) is 11.3 Å². The zero-order chi connectivity index (χ0) is 16.4. The largest absolute Gasteiger partial charge is 0.327 e. The molecule has 4 heteroatoms. The Kier molecular flexibility index (Phi) is 4.00. The van der Waals surface area contributed by atoms with E-state index in [4.69, 9.17) is 10.2 Å². The number of aromatic amines is 1. The Morgan fingerprint density at radius 2 is 1.92 bits per heavy atom. The van der Waals surface area contributed by atoms with Crippen molar-refractivity contribution < 1.29 is 0 Å². The third kappa shape index (κ3) is 3.03. The molecule has 0 radical (unpaired) electrons. The smallest absolute Gasteiger partial charge is 0.157 e. The van der Waals surface area contributed by atoms with Crippen molar-refractivity contribution in [1.29, 1.82) is 5.26 Å². The third-order valence-corrected chi connectivity index (χ3v) is 5.00. The lowest BCUT2D eigenvalue weighted by molar-refractivity contribution is 0.498. The van der Waals surface area contributed by atoms with E-state index in [0.717, 1.165) is 40.5 Å². The molecular formula is C20H20N4. The molecule has 1 aromatic carbocycles. The van der Waals surface area contributed by atoms with Crippen molar-refractivity contribution in [3.63, 3.8) is 0 Å². The van der Waals surface area contributed by atoms with E-state index in [1.807, 2.05) is 30.5 Å². The fraction of sp³-hybridized carbons (Fsp3) is 0.350. The van der Waals surface area contributed by atoms with Crippen LogP contribution in [0.4, 0.5) is 0 Å². The SMILES string of the molecule is N#Cc1ccc(-c2cnc3[nH]c(CCC4CCCC4)nc3c2)cc1. The van der Waals surface area contributed by atoms with E-state index in [2.05, 4.69) is 22.1 Å². The number of nitriles is 1. The van der Waals surface area contributed by atoms with Gasteiger partial charge in [0.2, 0.25) is 0 Å². The highest BCUT2D eigenvalue weighted by Crippen LogP contribution is 2.29. The van der Waals surface area contributed by atoms with E-state index in [1.54, 1.807) is 0 Å². The Balaban J connectivity index is 1.54. The van der Waals surface area contributed by atoms with Gasteiger partial charge in [-0.05, 0) is 36.1 Å². The number of imidazole rings is 1. The van der Waals surface area contributed by atoms with Gasteiger partial charge in [0.15, 0.2) is 5.65 Å². The van der Waals surface area contributed by atoms with Crippen molar-refractivity contribution in [2.24, 2.45) is 5.92 Å². The van der Waals surface area contributed by atoms with Gasteiger partial charge in [-0.3, -0.25) is 0 Å². The molecule has 3 aromatic rings. The van der Waals surface area contributed by atoms with Crippen LogP contribution in [0.5, 0.6) is 0 Å². The fourth-order valence-electron chi connectivity index (χ4n) is 3.60. The van der Waals surface area contributed by atoms with E-state index >= 15 is 0 Å². The van der Waals surface area contributed by atoms with Gasteiger partial charge in [-0.15, -0.1) is 0 Å². The molecule has 2 aromatic heterocycles. The van der Waals surface area contributed by atoms with Gasteiger partial charge in [0.25, 0.3) is 0 Å². The van der Waals surface area contributed by atoms with E-state index in [0.29, 0.717) is 5.56 Å². The zero-order valence-corrected chi connectivity index (χ0v) is 13.6. The highest BCUT2D eigenvalue weighted by Gasteiger charge is 2.15. The first kappa shape index (κ1) is 14.9. The molecule has 1 N–H and O–H groups in total. The quantitative estimate of drug-likeness (QED) is 0.763. The van der Waals surface area contributed by atoms with Crippen molar-refractivity contribution in [1.82, 2.24) is 15.0 Å². The number of benzene rings is 1. The average Bonchev–Trinajstić information content (AvgIpc) is 3.28. The van der Waals surface area contributed by atoms with Crippen molar-refractivity contribution in [3.8, 4) is 17.2 Å². The average molecular weight is 316 g/mol. The van der Waals surface area contributed by atoms with Crippen LogP contribution >= 0.6 is 0 Å². The van der Waals surface area contributed by atoms with E-state index in [9.17, 15) is 0 Å². The van der Waals surface area contributed by atoms with Crippen molar-refractivity contribution in [3.05, 3.63) is 47.9 Å². The molecule has 1 fully saturated rings. The van der Waals surface area contributed by atoms with Gasteiger partial charge in [-0.2, -0.15) is 5.26 Å². The van der Waals surface area contributed by atoms with Crippen LogP contribution in [-0.2, 0) is 6.42 Å². The van der Waals surface area contributed by atoms with Crippen LogP contribution in [0.25, 0.3) is 22.3 Å². The molecular weight excluding hydrogens is 296 g/mol. The van der Waals surface area contributed by atoms with Crippen molar-refractivity contribution in [2.45, 2.75) is 38.5 Å². The summed E-state index contributed by atoms with van der Waals surface area (Å²) >= 11 is 0. The molecule has 0 bridgehead atoms. The molecule has 0 aliphatic heterocycles. The van der Waals surface area contributed by atoms with Gasteiger partial charge in [-0.1, -0.05) is 37.8 Å². The minimum absolute atomic E-state index is 0.668. The van der Waals surface area contributed by atoms with E-state index in [-0.39, 0.29) is 0 Å². The third-order valence-electron chi connectivity index (χ3n) is 5.00. The first-order chi connectivity index (χ1) is 11.8. The number of fused-ring (bicyclic) bond motifs is 1. The summed E-state index contributed by atoms with van der Waals surface area (Å²) in [5.74, 6) is 1.92. The maximum Gasteiger partial charge on any atom is 0.157 e. The Labute approximate surface area is 141 Å². The van der Waals surface area contributed by atoms with Crippen molar-refractivity contribution >= 4 is 11.2 Å². The second-order valence-corrected chi connectivity index (χ2v) is 6.65. The number of aryl methyl sites for hydroxylation is 1. The molecule has 24 heavy (non-hydrogen) atoms. The Hall–Kier alpha value is -2.67. The lowest BCUT2D eigenvalue weighted by atomic mass is 10.0. The molecule has 4 nitrogen and oxygen atoms in total. The predicted octanol–water partition coefficient (Wildman–Crippen LogP) is 4.62. The minimum atomic E-state index is 0.668. The first-order valence-electron chi connectivity index (χ1n) is 8.67. The zero-order valence-electron chi connectivity index (χ0n) is 13.6. The normalized spacial score (nSPS) is 15.0. The standard InChI is InChI=1S/C20H20N4/c21-12-15-5-8-16(9-6-15)17-11-18-20(22-13-17)24-19(23-18)10-7-14-3-1-2-4-14/h5-6,8-9,11,13-14H,1-4,7,10H2,(H,22,23,24). The summed E-state index contributed by atoms with van der Waals surface area (Å²) in [4.78, 5) is 12.6. The van der Waals surface area contributed by atoms with Gasteiger partial charge in [0, 0.05) is 18.2 Å². The minimum Gasteiger partial charge on any atom is -0.327 e. The van der Waals surface area contributed by atoms with Crippen LogP contribution in [0.2, 0.25) is 0 Å². The summed E-state index contributed by atoms with van der Waals surface area (Å²) in [7, 11) is 0. The van der Waals surface area contributed by atoms with Crippen LogP contribution in [0.3, 0.4) is 0 Å². The summed E-state index contributed by atoms with van der Waals surface area (Å²) in [5.41, 5.74) is 4.52. The van der Waals surface area contributed by atoms with Crippen LogP contribution in [-0.4, -0.2) is 15.0 Å². The number of H-pyrrole nitrogens is 1. The molecule has 1 aliphatic carbocycles. The van der Waals surface area contributed by atoms with Crippen molar-refractivity contribution in [2.75, 3.05) is 0 Å². The summed E-state index contributed by atoms with van der Waals surface area (Å²) < 4.78 is 0. The summed E-state index contributed by atoms with van der Waals surface area (Å²) in [6.07, 6.45) is 9.63. The van der Waals surface area contributed by atoms with Crippen LogP contribution in [0.15, 0.2) is 36.5 Å². The molecule has 1 aliphatic rings. The summed E-state index contributed by atoms with van der Waals surface area (Å²) in [5, 5.41) is 8.90. The molecule has 2 heterocycles. The number of nitrogens with zero attached hydrogens (tertiary/aromatic N) is 3. The van der Waals surface area contributed by atoms with Gasteiger partial charge < -0.3 is 4.98 Å². The molecule has 120 valence electrons. The second kappa shape index (κ2) is 6.45. The first-order valence-corrected chi connectivity index (χ1v) is 8.67. The topological polar surface area (TPSA) is 65.4 Å². The maximum absolute atomic E-state index is 8.90. The molecule has 0 atom stereocenters. The summed E-state index contributed by atoms with van der Waals surface area (Å²) in [6.45, 7) is 0. The Morgan fingerprint density at radius 1 is 1.12 bits per heavy atom. The molecule has 0 amide bonds. The maximum atomic E-state index is 8.90. The number of rotatable bonds is 4. The fourth-order valence-corrected chi connectivity index (χ4v) is 3.60. The monoisotopic (exact) mass is 316 g/mol. The Bertz CT molecular complexity index is 880. The van der Waals surface area contributed by atoms with Gasteiger partial charge in [0.05, 0.1) is 11.6 Å². The molecule has 0 saturated heterocycles. The highest BCUT2D eigenvalue weighted by molar-refractivity contribution is 5.78. The number of pyridine rings is 1. The molecule has 4 rings (SSSR count). The predicted molar refractivity (Wildman–Crippen MR) is 94.3 cm³/mol. The lowest BCUT2D eigenvalue weighted by Crippen LogP contribution is -1.97. The number of aromatic nitrogens is 3. The van der Waals surface area contributed by atoms with E-state index in [1.165, 1.54) is 32.1 Å². The van der Waals surface area contributed by atoms with E-state index < -0.39 is 0 Å².